The number of rotatable bonds is 7. The first-order valence-corrected chi connectivity index (χ1v) is 5.30. The minimum absolute atomic E-state index is 0.422. The van der Waals surface area contributed by atoms with Crippen molar-refractivity contribution < 1.29 is 0 Å². The average molecular weight is 210 g/mol. The smallest absolute Gasteiger partial charge is 0.0930 e. The number of hydrogen-bond donors (Lipinski definition) is 3. The van der Waals surface area contributed by atoms with E-state index in [1.807, 2.05) is 27.2 Å². The van der Waals surface area contributed by atoms with Crippen molar-refractivity contribution >= 4 is 0 Å². The molecule has 0 spiro atoms. The molecular weight excluding hydrogens is 188 g/mol. The molecule has 2 atom stereocenters. The van der Waals surface area contributed by atoms with Crippen LogP contribution >= 0.6 is 0 Å². The Morgan fingerprint density at radius 1 is 1.33 bits per heavy atom. The molecule has 3 N–H and O–H groups in total. The lowest BCUT2D eigenvalue weighted by molar-refractivity contribution is 0.407. The average Bonchev–Trinajstić information content (AvgIpc) is 2.27. The van der Waals surface area contributed by atoms with E-state index in [2.05, 4.69) is 22.9 Å². The van der Waals surface area contributed by atoms with Crippen molar-refractivity contribution in [3.05, 3.63) is 11.8 Å². The van der Waals surface area contributed by atoms with Gasteiger partial charge in [0.2, 0.25) is 0 Å². The summed E-state index contributed by atoms with van der Waals surface area (Å²) in [6, 6.07) is 2.89. The maximum Gasteiger partial charge on any atom is 0.0930 e. The van der Waals surface area contributed by atoms with Crippen molar-refractivity contribution in [2.45, 2.75) is 31.8 Å². The van der Waals surface area contributed by atoms with Crippen LogP contribution in [0.1, 0.15) is 19.8 Å². The van der Waals surface area contributed by atoms with Crippen molar-refractivity contribution in [2.24, 2.45) is 0 Å². The number of hydrogen-bond acceptors (Lipinski definition) is 4. The number of nitrogens with one attached hydrogen (secondary N) is 3. The van der Waals surface area contributed by atoms with Gasteiger partial charge in [0.25, 0.3) is 0 Å². The van der Waals surface area contributed by atoms with Crippen molar-refractivity contribution in [1.82, 2.24) is 16.0 Å². The van der Waals surface area contributed by atoms with E-state index in [0.29, 0.717) is 12.1 Å². The minimum atomic E-state index is 0.422. The molecule has 0 rings (SSSR count). The first-order valence-electron chi connectivity index (χ1n) is 5.30. The third kappa shape index (κ3) is 5.40. The summed E-state index contributed by atoms with van der Waals surface area (Å²) in [6.07, 6.45) is 3.46. The molecule has 86 valence electrons. The van der Waals surface area contributed by atoms with E-state index in [9.17, 15) is 0 Å². The van der Waals surface area contributed by atoms with Crippen LogP contribution < -0.4 is 16.0 Å². The summed E-state index contributed by atoms with van der Waals surface area (Å²) >= 11 is 0. The van der Waals surface area contributed by atoms with Gasteiger partial charge in [0.05, 0.1) is 6.07 Å². The Morgan fingerprint density at radius 2 is 2.00 bits per heavy atom. The molecule has 15 heavy (non-hydrogen) atoms. The highest BCUT2D eigenvalue weighted by Gasteiger charge is 2.13. The van der Waals surface area contributed by atoms with Gasteiger partial charge in [-0.3, -0.25) is 0 Å². The molecule has 0 aliphatic carbocycles. The van der Waals surface area contributed by atoms with Gasteiger partial charge in [-0.15, -0.1) is 0 Å². The van der Waals surface area contributed by atoms with Crippen LogP contribution in [0.2, 0.25) is 0 Å². The van der Waals surface area contributed by atoms with E-state index in [0.717, 1.165) is 18.5 Å². The van der Waals surface area contributed by atoms with Crippen LogP contribution in [0, 0.1) is 11.3 Å². The Morgan fingerprint density at radius 3 is 2.40 bits per heavy atom. The van der Waals surface area contributed by atoms with E-state index >= 15 is 0 Å². The molecule has 0 aromatic heterocycles. The SMILES string of the molecule is CN/C(=C/C#N)CCC(NC)C(C)NC. The van der Waals surface area contributed by atoms with Crippen LogP contribution in [0.5, 0.6) is 0 Å². The summed E-state index contributed by atoms with van der Waals surface area (Å²) in [5, 5.41) is 18.1. The van der Waals surface area contributed by atoms with Crippen LogP contribution in [0.3, 0.4) is 0 Å². The lowest BCUT2D eigenvalue weighted by atomic mass is 10.0. The van der Waals surface area contributed by atoms with Crippen LogP contribution in [0.15, 0.2) is 11.8 Å². The summed E-state index contributed by atoms with van der Waals surface area (Å²) in [5.41, 5.74) is 0.987. The van der Waals surface area contributed by atoms with Gasteiger partial charge in [-0.05, 0) is 33.9 Å². The molecule has 4 nitrogen and oxygen atoms in total. The molecule has 0 heterocycles. The first-order chi connectivity index (χ1) is 7.19. The maximum atomic E-state index is 8.55. The molecule has 0 saturated heterocycles. The molecule has 0 saturated carbocycles. The van der Waals surface area contributed by atoms with Gasteiger partial charge in [0.15, 0.2) is 0 Å². The largest absolute Gasteiger partial charge is 0.391 e. The van der Waals surface area contributed by atoms with Gasteiger partial charge < -0.3 is 16.0 Å². The summed E-state index contributed by atoms with van der Waals surface area (Å²) < 4.78 is 0. The molecule has 4 heteroatoms. The van der Waals surface area contributed by atoms with E-state index in [-0.39, 0.29) is 0 Å². The fraction of sp³-hybridized carbons (Fsp3) is 0.727. The molecule has 0 aliphatic heterocycles. The minimum Gasteiger partial charge on any atom is -0.391 e. The van der Waals surface area contributed by atoms with Gasteiger partial charge in [-0.1, -0.05) is 0 Å². The number of nitriles is 1. The quantitative estimate of drug-likeness (QED) is 0.538. The lowest BCUT2D eigenvalue weighted by Crippen LogP contribution is -2.43. The Hall–Kier alpha value is -1.05. The summed E-state index contributed by atoms with van der Waals surface area (Å²) in [6.45, 7) is 2.15. The van der Waals surface area contributed by atoms with Crippen molar-refractivity contribution in [3.63, 3.8) is 0 Å². The number of allylic oxidation sites excluding steroid dienone is 2. The summed E-state index contributed by atoms with van der Waals surface area (Å²) in [5.74, 6) is 0. The van der Waals surface area contributed by atoms with E-state index in [1.54, 1.807) is 6.08 Å². The Labute approximate surface area is 92.7 Å². The fourth-order valence-corrected chi connectivity index (χ4v) is 1.50. The molecule has 0 aromatic rings. The second kappa shape index (κ2) is 8.27. The van der Waals surface area contributed by atoms with E-state index < -0.39 is 0 Å². The van der Waals surface area contributed by atoms with Gasteiger partial charge in [0, 0.05) is 30.9 Å². The molecule has 0 aromatic carbocycles. The summed E-state index contributed by atoms with van der Waals surface area (Å²) in [4.78, 5) is 0. The highest BCUT2D eigenvalue weighted by molar-refractivity contribution is 5.11. The predicted molar refractivity (Wildman–Crippen MR) is 63.4 cm³/mol. The zero-order valence-electron chi connectivity index (χ0n) is 10.1. The highest BCUT2D eigenvalue weighted by atomic mass is 15.0. The van der Waals surface area contributed by atoms with Crippen LogP contribution in [0.4, 0.5) is 0 Å². The molecule has 0 fully saturated rings. The fourth-order valence-electron chi connectivity index (χ4n) is 1.50. The number of nitrogens with zero attached hydrogens (tertiary/aromatic N) is 1. The van der Waals surface area contributed by atoms with Crippen molar-refractivity contribution in [3.8, 4) is 6.07 Å². The molecule has 0 amide bonds. The third-order valence-corrected chi connectivity index (χ3v) is 2.71. The molecule has 0 aliphatic rings. The number of likely N-dealkylation sites (N-methyl/N-ethyl adjacent to an activating group) is 2. The van der Waals surface area contributed by atoms with Crippen molar-refractivity contribution in [1.29, 1.82) is 5.26 Å². The summed E-state index contributed by atoms with van der Waals surface area (Å²) in [7, 11) is 5.77. The second-order valence-corrected chi connectivity index (χ2v) is 3.56. The Balaban J connectivity index is 4.10. The van der Waals surface area contributed by atoms with Crippen LogP contribution in [-0.4, -0.2) is 33.2 Å². The highest BCUT2D eigenvalue weighted by Crippen LogP contribution is 2.07. The Kier molecular flexibility index (Phi) is 7.69. The predicted octanol–water partition coefficient (Wildman–Crippen LogP) is 0.589. The molecule has 0 bridgehead atoms. The maximum absolute atomic E-state index is 8.55. The molecule has 2 unspecified atom stereocenters. The van der Waals surface area contributed by atoms with Crippen molar-refractivity contribution in [2.75, 3.05) is 21.1 Å². The second-order valence-electron chi connectivity index (χ2n) is 3.56. The Bertz CT molecular complexity index is 229. The standard InChI is InChI=1S/C11H22N4/c1-9(13-2)11(15-4)6-5-10(14-3)7-8-12/h7,9,11,13-15H,5-6H2,1-4H3/b10-7+. The lowest BCUT2D eigenvalue weighted by Gasteiger charge is -2.23. The zero-order valence-corrected chi connectivity index (χ0v) is 10.1. The van der Waals surface area contributed by atoms with Gasteiger partial charge >= 0.3 is 0 Å². The third-order valence-electron chi connectivity index (χ3n) is 2.71. The molecular formula is C11H22N4. The van der Waals surface area contributed by atoms with Gasteiger partial charge in [0.1, 0.15) is 0 Å². The van der Waals surface area contributed by atoms with Crippen LogP contribution in [-0.2, 0) is 0 Å². The first kappa shape index (κ1) is 13.9. The topological polar surface area (TPSA) is 59.9 Å². The van der Waals surface area contributed by atoms with Crippen LogP contribution in [0.25, 0.3) is 0 Å². The zero-order chi connectivity index (χ0) is 11.7. The van der Waals surface area contributed by atoms with E-state index in [1.165, 1.54) is 0 Å². The monoisotopic (exact) mass is 210 g/mol. The molecule has 0 radical (unpaired) electrons. The normalized spacial score (nSPS) is 15.5. The van der Waals surface area contributed by atoms with Gasteiger partial charge in [-0.2, -0.15) is 5.26 Å². The van der Waals surface area contributed by atoms with Gasteiger partial charge in [-0.25, -0.2) is 0 Å². The van der Waals surface area contributed by atoms with E-state index in [4.69, 9.17) is 5.26 Å².